The van der Waals surface area contributed by atoms with Crippen LogP contribution in [0.1, 0.15) is 44.6 Å². The number of amides is 2. The molecule has 2 N–H and O–H groups in total. The van der Waals surface area contributed by atoms with Gasteiger partial charge in [-0.05, 0) is 43.5 Å². The molecular weight excluding hydrogens is 667 g/mol. The molecule has 48 heavy (non-hydrogen) atoms. The highest BCUT2D eigenvalue weighted by molar-refractivity contribution is 7.23. The van der Waals surface area contributed by atoms with Crippen LogP contribution in [0.2, 0.25) is 5.02 Å². The molecule has 15 heteroatoms. The summed E-state index contributed by atoms with van der Waals surface area (Å²) in [7, 11) is 3.13. The topological polar surface area (TPSA) is 129 Å². The number of hydrogen-bond acceptors (Lipinski definition) is 10. The number of hydrogen-bond donors (Lipinski definition) is 1. The largest absolute Gasteiger partial charge is 0.461 e. The maximum Gasteiger partial charge on any atom is 0.319 e. The van der Waals surface area contributed by atoms with Gasteiger partial charge < -0.3 is 15.4 Å². The van der Waals surface area contributed by atoms with Crippen molar-refractivity contribution in [3.8, 4) is 23.2 Å². The molecule has 4 aromatic rings. The van der Waals surface area contributed by atoms with Crippen molar-refractivity contribution in [3.05, 3.63) is 40.4 Å². The van der Waals surface area contributed by atoms with Crippen LogP contribution in [0.3, 0.4) is 0 Å². The summed E-state index contributed by atoms with van der Waals surface area (Å²) >= 11 is 7.65. The molecular formula is C33H33ClF3N7O3S. The lowest BCUT2D eigenvalue weighted by atomic mass is 9.95. The molecule has 0 bridgehead atoms. The van der Waals surface area contributed by atoms with Crippen LogP contribution in [-0.4, -0.2) is 83.6 Å². The number of alkyl halides is 1. The van der Waals surface area contributed by atoms with Gasteiger partial charge in [0.25, 0.3) is 0 Å². The minimum Gasteiger partial charge on any atom is -0.461 e. The maximum atomic E-state index is 16.8. The van der Waals surface area contributed by atoms with Gasteiger partial charge in [0.05, 0.1) is 20.8 Å². The second-order valence-electron chi connectivity index (χ2n) is 12.4. The number of nitrogens with zero attached hydrogens (tertiary/aromatic N) is 6. The summed E-state index contributed by atoms with van der Waals surface area (Å²) in [6.07, 6.45) is 1.42. The van der Waals surface area contributed by atoms with Gasteiger partial charge in [-0.1, -0.05) is 17.7 Å². The summed E-state index contributed by atoms with van der Waals surface area (Å²) in [5, 5.41) is 10.3. The fourth-order valence-corrected chi connectivity index (χ4v) is 8.08. The molecule has 2 aromatic carbocycles. The van der Waals surface area contributed by atoms with E-state index in [0.717, 1.165) is 35.6 Å². The van der Waals surface area contributed by atoms with Crippen molar-refractivity contribution in [3.63, 3.8) is 0 Å². The maximum absolute atomic E-state index is 16.8. The summed E-state index contributed by atoms with van der Waals surface area (Å²) in [6, 6.07) is 5.88. The Hall–Kier alpha value is -4.19. The Morgan fingerprint density at radius 1 is 1.29 bits per heavy atom. The van der Waals surface area contributed by atoms with Crippen molar-refractivity contribution in [2.24, 2.45) is 0 Å². The van der Waals surface area contributed by atoms with E-state index in [1.165, 1.54) is 32.2 Å². The Bertz CT molecular complexity index is 2000. The Balaban J connectivity index is 1.44. The lowest BCUT2D eigenvalue weighted by molar-refractivity contribution is -0.141. The van der Waals surface area contributed by atoms with Crippen LogP contribution < -0.4 is 15.4 Å². The number of fused-ring (bicyclic) bond motifs is 3. The van der Waals surface area contributed by atoms with Gasteiger partial charge >= 0.3 is 6.01 Å². The molecule has 4 heterocycles. The number of thiophene rings is 1. The highest BCUT2D eigenvalue weighted by Crippen LogP contribution is 2.46. The number of nitrogens with two attached hydrogens (primary N) is 1. The van der Waals surface area contributed by atoms with E-state index in [1.54, 1.807) is 11.9 Å². The molecule has 0 radical (unpaired) electrons. The number of halogens is 4. The average molecular weight is 700 g/mol. The van der Waals surface area contributed by atoms with E-state index in [2.05, 4.69) is 14.9 Å². The van der Waals surface area contributed by atoms with Crippen molar-refractivity contribution in [1.82, 2.24) is 19.8 Å². The van der Waals surface area contributed by atoms with Gasteiger partial charge in [-0.15, -0.1) is 11.3 Å². The van der Waals surface area contributed by atoms with Gasteiger partial charge in [0.2, 0.25) is 11.8 Å². The first kappa shape index (κ1) is 33.7. The smallest absolute Gasteiger partial charge is 0.319 e. The van der Waals surface area contributed by atoms with Gasteiger partial charge in [0.1, 0.15) is 41.0 Å². The molecule has 2 fully saturated rings. The Morgan fingerprint density at radius 2 is 2.06 bits per heavy atom. The zero-order chi connectivity index (χ0) is 34.5. The second kappa shape index (κ2) is 13.0. The molecule has 6 rings (SSSR count). The summed E-state index contributed by atoms with van der Waals surface area (Å²) in [6.45, 7) is 2.79. The van der Waals surface area contributed by atoms with Crippen LogP contribution in [0.15, 0.2) is 18.2 Å². The number of imide groups is 1. The highest BCUT2D eigenvalue weighted by Gasteiger charge is 2.49. The number of ether oxygens (including phenoxy) is 1. The summed E-state index contributed by atoms with van der Waals surface area (Å²) in [5.41, 5.74) is 5.47. The molecule has 2 aliphatic heterocycles. The SMILES string of the molecule is CC(=O)N(C)C(=O)CCCN(C)c1nc(OC[C@@]23CCCN2C[C@H](F)C3)nc2c(F)c(-c3ccc(F)c4sc(N)c(C#N)c34)c(Cl)cc12. The van der Waals surface area contributed by atoms with Gasteiger partial charge in [0, 0.05) is 63.3 Å². The minimum atomic E-state index is -0.975. The van der Waals surface area contributed by atoms with Gasteiger partial charge in [-0.25, -0.2) is 13.2 Å². The van der Waals surface area contributed by atoms with E-state index in [9.17, 15) is 23.6 Å². The molecule has 0 saturated carbocycles. The second-order valence-corrected chi connectivity index (χ2v) is 13.8. The predicted molar refractivity (Wildman–Crippen MR) is 179 cm³/mol. The monoisotopic (exact) mass is 699 g/mol. The van der Waals surface area contributed by atoms with Crippen LogP contribution in [0.4, 0.5) is 24.0 Å². The Kier molecular flexibility index (Phi) is 9.14. The molecule has 10 nitrogen and oxygen atoms in total. The van der Waals surface area contributed by atoms with Gasteiger partial charge in [-0.3, -0.25) is 19.4 Å². The Labute approximate surface area is 283 Å². The predicted octanol–water partition coefficient (Wildman–Crippen LogP) is 6.07. The van der Waals surface area contributed by atoms with Crippen molar-refractivity contribution in [1.29, 1.82) is 5.26 Å². The fourth-order valence-electron chi connectivity index (χ4n) is 6.84. The van der Waals surface area contributed by atoms with Gasteiger partial charge in [-0.2, -0.15) is 15.2 Å². The van der Waals surface area contributed by atoms with E-state index in [4.69, 9.17) is 22.1 Å². The number of carbonyl (C=O) groups is 2. The van der Waals surface area contributed by atoms with E-state index in [0.29, 0.717) is 25.9 Å². The molecule has 2 aliphatic rings. The summed E-state index contributed by atoms with van der Waals surface area (Å²) in [5.74, 6) is -1.89. The molecule has 2 saturated heterocycles. The average Bonchev–Trinajstić information content (AvgIpc) is 3.69. The number of nitrogen functional groups attached to an aromatic ring is 1. The van der Waals surface area contributed by atoms with Crippen LogP contribution in [0, 0.1) is 23.0 Å². The van der Waals surface area contributed by atoms with Crippen LogP contribution >= 0.6 is 22.9 Å². The third-order valence-electron chi connectivity index (χ3n) is 9.36. The normalized spacial score (nSPS) is 19.1. The minimum absolute atomic E-state index is 0.0141. The molecule has 2 amide bonds. The van der Waals surface area contributed by atoms with Crippen LogP contribution in [0.5, 0.6) is 6.01 Å². The number of carbonyl (C=O) groups excluding carboxylic acids is 2. The number of aromatic nitrogens is 2. The van der Waals surface area contributed by atoms with Crippen LogP contribution in [-0.2, 0) is 9.59 Å². The standard InChI is InChI=1S/C33H33ClF3N7O3S/c1-17(45)43(3)24(46)6-4-10-42(2)31-20-12-22(34)26(19-7-8-23(36)29-25(19)21(14-38)30(39)48-29)27(37)28(20)40-32(41-31)47-16-33-9-5-11-44(33)15-18(35)13-33/h7-8,12,18H,4-6,9-11,13,15-16,39H2,1-3H3/t18-,33+/m1/s1. The summed E-state index contributed by atoms with van der Waals surface area (Å²) < 4.78 is 52.4. The molecule has 2 aromatic heterocycles. The van der Waals surface area contributed by atoms with E-state index < -0.39 is 23.3 Å². The molecule has 0 aliphatic carbocycles. The van der Waals surface area contributed by atoms with Crippen molar-refractivity contribution in [2.45, 2.75) is 50.7 Å². The molecule has 0 unspecified atom stereocenters. The Morgan fingerprint density at radius 3 is 2.79 bits per heavy atom. The fraction of sp³-hybridized carbons (Fsp3) is 0.424. The first-order chi connectivity index (χ1) is 22.8. The van der Waals surface area contributed by atoms with E-state index in [1.807, 2.05) is 6.07 Å². The lowest BCUT2D eigenvalue weighted by Gasteiger charge is -2.31. The number of nitriles is 1. The highest BCUT2D eigenvalue weighted by atomic mass is 35.5. The third-order valence-corrected chi connectivity index (χ3v) is 10.7. The van der Waals surface area contributed by atoms with Crippen molar-refractivity contribution < 1.29 is 27.5 Å². The number of rotatable bonds is 9. The van der Waals surface area contributed by atoms with Crippen LogP contribution in [0.25, 0.3) is 32.1 Å². The number of benzene rings is 2. The molecule has 252 valence electrons. The zero-order valence-electron chi connectivity index (χ0n) is 26.6. The van der Waals surface area contributed by atoms with Gasteiger partial charge in [0.15, 0.2) is 5.82 Å². The zero-order valence-corrected chi connectivity index (χ0v) is 28.2. The van der Waals surface area contributed by atoms with E-state index in [-0.39, 0.29) is 84.4 Å². The lowest BCUT2D eigenvalue weighted by Crippen LogP contribution is -2.43. The van der Waals surface area contributed by atoms with E-state index >= 15 is 4.39 Å². The molecule has 0 spiro atoms. The van der Waals surface area contributed by atoms with Crippen molar-refractivity contribution in [2.75, 3.05) is 51.0 Å². The first-order valence-electron chi connectivity index (χ1n) is 15.5. The summed E-state index contributed by atoms with van der Waals surface area (Å²) in [4.78, 5) is 37.9. The first-order valence-corrected chi connectivity index (χ1v) is 16.7. The number of anilines is 2. The third kappa shape index (κ3) is 5.88. The molecule has 2 atom stereocenters. The quantitative estimate of drug-likeness (QED) is 0.221. The van der Waals surface area contributed by atoms with Crippen molar-refractivity contribution >= 4 is 66.6 Å².